The van der Waals surface area contributed by atoms with Crippen molar-refractivity contribution in [2.45, 2.75) is 39.2 Å². The Kier molecular flexibility index (Phi) is 5.85. The van der Waals surface area contributed by atoms with E-state index in [9.17, 15) is 9.59 Å². The van der Waals surface area contributed by atoms with Gasteiger partial charge in [-0.3, -0.25) is 9.59 Å². The van der Waals surface area contributed by atoms with Gasteiger partial charge in [-0.25, -0.2) is 0 Å². The van der Waals surface area contributed by atoms with Crippen molar-refractivity contribution in [1.82, 2.24) is 0 Å². The Morgan fingerprint density at radius 1 is 1.38 bits per heavy atom. The van der Waals surface area contributed by atoms with E-state index in [2.05, 4.69) is 6.58 Å². The summed E-state index contributed by atoms with van der Waals surface area (Å²) >= 11 is 0. The Hall–Kier alpha value is -1.12. The summed E-state index contributed by atoms with van der Waals surface area (Å²) in [5.41, 5.74) is 0. The van der Waals surface area contributed by atoms with E-state index in [-0.39, 0.29) is 17.9 Å². The van der Waals surface area contributed by atoms with E-state index in [0.29, 0.717) is 19.3 Å². The molecular weight excluding hydrogens is 168 g/mol. The molecule has 0 radical (unpaired) electrons. The predicted molar refractivity (Wildman–Crippen MR) is 50.3 cm³/mol. The maximum atomic E-state index is 11.0. The number of ketones is 1. The molecule has 0 aliphatic rings. The van der Waals surface area contributed by atoms with Crippen molar-refractivity contribution in [1.29, 1.82) is 0 Å². The van der Waals surface area contributed by atoms with Crippen LogP contribution < -0.4 is 0 Å². The molecule has 0 aromatic carbocycles. The van der Waals surface area contributed by atoms with Crippen LogP contribution in [0.4, 0.5) is 0 Å². The van der Waals surface area contributed by atoms with Gasteiger partial charge in [0.1, 0.15) is 0 Å². The minimum absolute atomic E-state index is 0.0302. The van der Waals surface area contributed by atoms with E-state index in [0.717, 1.165) is 0 Å². The van der Waals surface area contributed by atoms with Crippen molar-refractivity contribution < 1.29 is 14.3 Å². The Morgan fingerprint density at radius 2 is 2.00 bits per heavy atom. The van der Waals surface area contributed by atoms with Crippen molar-refractivity contribution in [2.75, 3.05) is 0 Å². The van der Waals surface area contributed by atoms with Crippen LogP contribution in [0.1, 0.15) is 33.1 Å². The third kappa shape index (κ3) is 7.25. The third-order valence-electron chi connectivity index (χ3n) is 1.40. The van der Waals surface area contributed by atoms with Gasteiger partial charge in [0.25, 0.3) is 0 Å². The topological polar surface area (TPSA) is 43.4 Å². The summed E-state index contributed by atoms with van der Waals surface area (Å²) in [6, 6.07) is 0. The number of hydrogen-bond acceptors (Lipinski definition) is 3. The average molecular weight is 184 g/mol. The second-order valence-electron chi connectivity index (χ2n) is 3.06. The van der Waals surface area contributed by atoms with Crippen molar-refractivity contribution in [3.63, 3.8) is 0 Å². The molecule has 0 spiro atoms. The van der Waals surface area contributed by atoms with Gasteiger partial charge in [0.15, 0.2) is 5.78 Å². The molecule has 0 fully saturated rings. The zero-order valence-corrected chi connectivity index (χ0v) is 8.21. The molecule has 0 N–H and O–H groups in total. The zero-order valence-electron chi connectivity index (χ0n) is 8.21. The van der Waals surface area contributed by atoms with E-state index < -0.39 is 0 Å². The number of carbonyl (C=O) groups excluding carboxylic acids is 2. The van der Waals surface area contributed by atoms with Gasteiger partial charge < -0.3 is 4.74 Å². The molecule has 0 bridgehead atoms. The van der Waals surface area contributed by atoms with Crippen LogP contribution in [-0.4, -0.2) is 17.9 Å². The summed E-state index contributed by atoms with van der Waals surface area (Å²) in [4.78, 5) is 21.7. The fraction of sp³-hybridized carbons (Fsp3) is 0.600. The molecule has 0 saturated heterocycles. The molecule has 0 atom stereocenters. The highest BCUT2D eigenvalue weighted by molar-refractivity contribution is 5.89. The molecule has 0 aliphatic carbocycles. The minimum atomic E-state index is -0.244. The predicted octanol–water partition coefficient (Wildman–Crippen LogP) is 1.86. The van der Waals surface area contributed by atoms with Crippen LogP contribution in [0.5, 0.6) is 0 Å². The number of esters is 1. The monoisotopic (exact) mass is 184 g/mol. The summed E-state index contributed by atoms with van der Waals surface area (Å²) in [6.45, 7) is 6.94. The SMILES string of the molecule is C=CC(=O)CCCC(=O)OC(C)C. The lowest BCUT2D eigenvalue weighted by Gasteiger charge is -2.06. The maximum absolute atomic E-state index is 11.0. The van der Waals surface area contributed by atoms with E-state index >= 15 is 0 Å². The second-order valence-corrected chi connectivity index (χ2v) is 3.06. The molecule has 0 heterocycles. The smallest absolute Gasteiger partial charge is 0.306 e. The first kappa shape index (κ1) is 11.9. The summed E-state index contributed by atoms with van der Waals surface area (Å²) in [5, 5.41) is 0. The van der Waals surface area contributed by atoms with Gasteiger partial charge in [-0.1, -0.05) is 6.58 Å². The van der Waals surface area contributed by atoms with E-state index in [4.69, 9.17) is 4.74 Å². The Balaban J connectivity index is 3.48. The lowest BCUT2D eigenvalue weighted by molar-refractivity contribution is -0.147. The molecule has 0 aromatic heterocycles. The van der Waals surface area contributed by atoms with Gasteiger partial charge in [-0.2, -0.15) is 0 Å². The van der Waals surface area contributed by atoms with Crippen LogP contribution in [0.2, 0.25) is 0 Å². The van der Waals surface area contributed by atoms with Crippen LogP contribution in [-0.2, 0) is 14.3 Å². The first-order valence-corrected chi connectivity index (χ1v) is 4.41. The second kappa shape index (κ2) is 6.40. The lowest BCUT2D eigenvalue weighted by Crippen LogP contribution is -2.11. The molecule has 3 heteroatoms. The number of carbonyl (C=O) groups is 2. The molecule has 0 aliphatic heterocycles. The summed E-state index contributed by atoms with van der Waals surface area (Å²) in [6.07, 6.45) is 2.40. The standard InChI is InChI=1S/C10H16O3/c1-4-9(11)6-5-7-10(12)13-8(2)3/h4,8H,1,5-7H2,2-3H3. The molecule has 0 saturated carbocycles. The summed E-state index contributed by atoms with van der Waals surface area (Å²) < 4.78 is 4.89. The highest BCUT2D eigenvalue weighted by Crippen LogP contribution is 2.01. The van der Waals surface area contributed by atoms with Crippen LogP contribution in [0.15, 0.2) is 12.7 Å². The fourth-order valence-corrected chi connectivity index (χ4v) is 0.831. The van der Waals surface area contributed by atoms with Crippen LogP contribution in [0.3, 0.4) is 0 Å². The number of rotatable bonds is 6. The van der Waals surface area contributed by atoms with Crippen LogP contribution in [0.25, 0.3) is 0 Å². The highest BCUT2D eigenvalue weighted by atomic mass is 16.5. The van der Waals surface area contributed by atoms with Crippen molar-refractivity contribution in [3.8, 4) is 0 Å². The van der Waals surface area contributed by atoms with Gasteiger partial charge in [0, 0.05) is 12.8 Å². The van der Waals surface area contributed by atoms with Gasteiger partial charge >= 0.3 is 5.97 Å². The summed E-state index contributed by atoms with van der Waals surface area (Å²) in [7, 11) is 0. The Morgan fingerprint density at radius 3 is 2.46 bits per heavy atom. The number of allylic oxidation sites excluding steroid dienone is 1. The quantitative estimate of drug-likeness (QED) is 0.467. The lowest BCUT2D eigenvalue weighted by atomic mass is 10.2. The molecule has 0 unspecified atom stereocenters. The van der Waals surface area contributed by atoms with Gasteiger partial charge in [-0.05, 0) is 26.3 Å². The Bertz CT molecular complexity index is 194. The first-order chi connectivity index (χ1) is 6.06. The van der Waals surface area contributed by atoms with Gasteiger partial charge in [0.05, 0.1) is 6.10 Å². The molecule has 0 amide bonds. The Labute approximate surface area is 78.8 Å². The van der Waals surface area contributed by atoms with E-state index in [1.165, 1.54) is 6.08 Å². The van der Waals surface area contributed by atoms with Gasteiger partial charge in [0.2, 0.25) is 0 Å². The van der Waals surface area contributed by atoms with Crippen LogP contribution in [0, 0.1) is 0 Å². The number of ether oxygens (including phenoxy) is 1. The molecule has 74 valence electrons. The summed E-state index contributed by atoms with van der Waals surface area (Å²) in [5.74, 6) is -0.274. The van der Waals surface area contributed by atoms with Crippen molar-refractivity contribution >= 4 is 11.8 Å². The minimum Gasteiger partial charge on any atom is -0.463 e. The van der Waals surface area contributed by atoms with Crippen molar-refractivity contribution in [3.05, 3.63) is 12.7 Å². The van der Waals surface area contributed by atoms with E-state index in [1.54, 1.807) is 13.8 Å². The van der Waals surface area contributed by atoms with Crippen LogP contribution >= 0.6 is 0 Å². The third-order valence-corrected chi connectivity index (χ3v) is 1.40. The zero-order chi connectivity index (χ0) is 10.3. The molecule has 0 rings (SSSR count). The molecule has 0 aromatic rings. The fourth-order valence-electron chi connectivity index (χ4n) is 0.831. The van der Waals surface area contributed by atoms with Crippen molar-refractivity contribution in [2.24, 2.45) is 0 Å². The average Bonchev–Trinajstić information content (AvgIpc) is 2.02. The molecule has 3 nitrogen and oxygen atoms in total. The van der Waals surface area contributed by atoms with Gasteiger partial charge in [-0.15, -0.1) is 0 Å². The van der Waals surface area contributed by atoms with E-state index in [1.807, 2.05) is 0 Å². The first-order valence-electron chi connectivity index (χ1n) is 4.41. The normalized spacial score (nSPS) is 9.77. The number of hydrogen-bond donors (Lipinski definition) is 0. The maximum Gasteiger partial charge on any atom is 0.306 e. The molecular formula is C10H16O3. The highest BCUT2D eigenvalue weighted by Gasteiger charge is 2.05. The largest absolute Gasteiger partial charge is 0.463 e. The molecule has 13 heavy (non-hydrogen) atoms.